The van der Waals surface area contributed by atoms with Gasteiger partial charge >= 0.3 is 6.18 Å². The van der Waals surface area contributed by atoms with Crippen LogP contribution in [0.3, 0.4) is 0 Å². The average Bonchev–Trinajstić information content (AvgIpc) is 1.97. The van der Waals surface area contributed by atoms with Crippen LogP contribution in [0.4, 0.5) is 13.2 Å². The van der Waals surface area contributed by atoms with Crippen molar-refractivity contribution in [3.63, 3.8) is 0 Å². The molecule has 0 aromatic heterocycles. The van der Waals surface area contributed by atoms with Crippen LogP contribution in [-0.4, -0.2) is 12.4 Å². The standard InChI is InChI=1S/C9H12F3N/c1-6(2)7(3)5-13-8(4)9(10,11)12/h5-6H,3-4H2,1-2H3/b13-5-. The van der Waals surface area contributed by atoms with Crippen LogP contribution in [-0.2, 0) is 0 Å². The Hall–Kier alpha value is -1.06. The minimum absolute atomic E-state index is 0.0878. The number of alkyl halides is 3. The van der Waals surface area contributed by atoms with E-state index in [1.54, 1.807) is 0 Å². The normalized spacial score (nSPS) is 12.5. The number of aliphatic imine (C=N–C) groups is 1. The van der Waals surface area contributed by atoms with Gasteiger partial charge in [-0.05, 0) is 11.5 Å². The lowest BCUT2D eigenvalue weighted by Gasteiger charge is -2.05. The van der Waals surface area contributed by atoms with Crippen LogP contribution in [0.15, 0.2) is 29.4 Å². The Morgan fingerprint density at radius 2 is 1.77 bits per heavy atom. The lowest BCUT2D eigenvalue weighted by molar-refractivity contribution is -0.0918. The molecule has 13 heavy (non-hydrogen) atoms. The molecule has 1 nitrogen and oxygen atoms in total. The Morgan fingerprint density at radius 3 is 2.08 bits per heavy atom. The van der Waals surface area contributed by atoms with Gasteiger partial charge in [-0.25, -0.2) is 0 Å². The van der Waals surface area contributed by atoms with Crippen molar-refractivity contribution in [1.29, 1.82) is 0 Å². The predicted octanol–water partition coefficient (Wildman–Crippen LogP) is 3.35. The van der Waals surface area contributed by atoms with Gasteiger partial charge in [-0.15, -0.1) is 0 Å². The van der Waals surface area contributed by atoms with Crippen LogP contribution in [0.5, 0.6) is 0 Å². The SMILES string of the molecule is C=C(/C=N\C(=C)C(F)(F)F)C(C)C. The van der Waals surface area contributed by atoms with E-state index in [0.29, 0.717) is 5.57 Å². The molecule has 0 amide bonds. The first-order valence-corrected chi connectivity index (χ1v) is 3.74. The summed E-state index contributed by atoms with van der Waals surface area (Å²) in [6.07, 6.45) is -3.35. The van der Waals surface area contributed by atoms with E-state index in [9.17, 15) is 13.2 Å². The van der Waals surface area contributed by atoms with E-state index in [1.165, 1.54) is 0 Å². The lowest BCUT2D eigenvalue weighted by atomic mass is 10.1. The van der Waals surface area contributed by atoms with Gasteiger partial charge in [0.2, 0.25) is 0 Å². The van der Waals surface area contributed by atoms with Crippen molar-refractivity contribution in [2.24, 2.45) is 10.9 Å². The minimum Gasteiger partial charge on any atom is -0.252 e. The second kappa shape index (κ2) is 4.25. The maximum atomic E-state index is 11.9. The smallest absolute Gasteiger partial charge is 0.252 e. The second-order valence-electron chi connectivity index (χ2n) is 2.93. The molecule has 0 saturated carbocycles. The van der Waals surface area contributed by atoms with Crippen LogP contribution in [0.25, 0.3) is 0 Å². The first-order valence-electron chi connectivity index (χ1n) is 3.74. The summed E-state index contributed by atoms with van der Waals surface area (Å²) in [5.41, 5.74) is -0.556. The third-order valence-corrected chi connectivity index (χ3v) is 1.46. The number of hydrogen-bond acceptors (Lipinski definition) is 1. The number of halogens is 3. The lowest BCUT2D eigenvalue weighted by Crippen LogP contribution is -2.09. The van der Waals surface area contributed by atoms with E-state index in [2.05, 4.69) is 18.2 Å². The maximum absolute atomic E-state index is 11.9. The molecular formula is C9H12F3N. The molecule has 0 aliphatic heterocycles. The van der Waals surface area contributed by atoms with Crippen molar-refractivity contribution in [3.8, 4) is 0 Å². The highest BCUT2D eigenvalue weighted by Gasteiger charge is 2.31. The van der Waals surface area contributed by atoms with Gasteiger partial charge in [0, 0.05) is 6.21 Å². The van der Waals surface area contributed by atoms with Gasteiger partial charge < -0.3 is 0 Å². The van der Waals surface area contributed by atoms with E-state index in [0.717, 1.165) is 6.21 Å². The highest BCUT2D eigenvalue weighted by Crippen LogP contribution is 2.24. The minimum atomic E-state index is -4.45. The molecule has 0 heterocycles. The molecule has 0 saturated heterocycles. The number of allylic oxidation sites excluding steroid dienone is 2. The van der Waals surface area contributed by atoms with Crippen LogP contribution in [0.1, 0.15) is 13.8 Å². The first kappa shape index (κ1) is 11.9. The fourth-order valence-corrected chi connectivity index (χ4v) is 0.383. The molecule has 74 valence electrons. The summed E-state index contributed by atoms with van der Waals surface area (Å²) in [5.74, 6) is 0.0878. The molecule has 0 fully saturated rings. The summed E-state index contributed by atoms with van der Waals surface area (Å²) in [4.78, 5) is 3.17. The number of rotatable bonds is 3. The fraction of sp³-hybridized carbons (Fsp3) is 0.444. The molecule has 0 spiro atoms. The molecule has 0 atom stereocenters. The Kier molecular flexibility index (Phi) is 3.91. The summed E-state index contributed by atoms with van der Waals surface area (Å²) in [6.45, 7) is 9.99. The van der Waals surface area contributed by atoms with Gasteiger partial charge in [-0.3, -0.25) is 4.99 Å². The van der Waals surface area contributed by atoms with Gasteiger partial charge in [0.25, 0.3) is 0 Å². The molecule has 0 aromatic rings. The topological polar surface area (TPSA) is 12.4 Å². The summed E-state index contributed by atoms with van der Waals surface area (Å²) < 4.78 is 35.6. The van der Waals surface area contributed by atoms with E-state index in [-0.39, 0.29) is 5.92 Å². The third-order valence-electron chi connectivity index (χ3n) is 1.46. The molecule has 0 radical (unpaired) electrons. The molecule has 4 heteroatoms. The van der Waals surface area contributed by atoms with Gasteiger partial charge in [-0.2, -0.15) is 13.2 Å². The van der Waals surface area contributed by atoms with Crippen molar-refractivity contribution in [1.82, 2.24) is 0 Å². The van der Waals surface area contributed by atoms with Crippen molar-refractivity contribution < 1.29 is 13.2 Å². The molecule has 0 aliphatic rings. The molecule has 0 bridgehead atoms. The Bertz CT molecular complexity index is 236. The largest absolute Gasteiger partial charge is 0.432 e. The van der Waals surface area contributed by atoms with Crippen molar-refractivity contribution in [2.75, 3.05) is 0 Å². The number of nitrogens with zero attached hydrogens (tertiary/aromatic N) is 1. The predicted molar refractivity (Wildman–Crippen MR) is 47.7 cm³/mol. The molecule has 0 N–H and O–H groups in total. The van der Waals surface area contributed by atoms with Crippen LogP contribution in [0, 0.1) is 5.92 Å². The van der Waals surface area contributed by atoms with E-state index in [1.807, 2.05) is 13.8 Å². The fourth-order valence-electron chi connectivity index (χ4n) is 0.383. The molecule has 0 unspecified atom stereocenters. The zero-order valence-electron chi connectivity index (χ0n) is 7.65. The van der Waals surface area contributed by atoms with Crippen LogP contribution in [0.2, 0.25) is 0 Å². The molecular weight excluding hydrogens is 179 g/mol. The van der Waals surface area contributed by atoms with E-state index < -0.39 is 11.9 Å². The summed E-state index contributed by atoms with van der Waals surface area (Å²) in [6, 6.07) is 0. The summed E-state index contributed by atoms with van der Waals surface area (Å²) in [7, 11) is 0. The zero-order valence-corrected chi connectivity index (χ0v) is 7.65. The van der Waals surface area contributed by atoms with Gasteiger partial charge in [0.15, 0.2) is 0 Å². The van der Waals surface area contributed by atoms with Gasteiger partial charge in [-0.1, -0.05) is 27.0 Å². The first-order chi connectivity index (χ1) is 5.75. The Balaban J connectivity index is 4.30. The summed E-state index contributed by atoms with van der Waals surface area (Å²) in [5, 5.41) is 0. The van der Waals surface area contributed by atoms with Gasteiger partial charge in [0.1, 0.15) is 5.70 Å². The van der Waals surface area contributed by atoms with E-state index in [4.69, 9.17) is 0 Å². The average molecular weight is 191 g/mol. The highest BCUT2D eigenvalue weighted by molar-refractivity contribution is 5.79. The summed E-state index contributed by atoms with van der Waals surface area (Å²) >= 11 is 0. The Labute approximate surface area is 75.7 Å². The number of hydrogen-bond donors (Lipinski definition) is 0. The van der Waals surface area contributed by atoms with Gasteiger partial charge in [0.05, 0.1) is 0 Å². The molecule has 0 aromatic carbocycles. The van der Waals surface area contributed by atoms with Crippen molar-refractivity contribution in [3.05, 3.63) is 24.4 Å². The second-order valence-corrected chi connectivity index (χ2v) is 2.93. The maximum Gasteiger partial charge on any atom is 0.432 e. The van der Waals surface area contributed by atoms with Crippen molar-refractivity contribution in [2.45, 2.75) is 20.0 Å². The highest BCUT2D eigenvalue weighted by atomic mass is 19.4. The molecule has 0 aliphatic carbocycles. The van der Waals surface area contributed by atoms with Crippen molar-refractivity contribution >= 4 is 6.21 Å². The zero-order chi connectivity index (χ0) is 10.6. The Morgan fingerprint density at radius 1 is 1.31 bits per heavy atom. The molecule has 0 rings (SSSR count). The van der Waals surface area contributed by atoms with Crippen LogP contribution < -0.4 is 0 Å². The quantitative estimate of drug-likeness (QED) is 0.606. The van der Waals surface area contributed by atoms with E-state index >= 15 is 0 Å². The third kappa shape index (κ3) is 4.50. The van der Waals surface area contributed by atoms with Crippen LogP contribution >= 0.6 is 0 Å². The monoisotopic (exact) mass is 191 g/mol.